The molecular formula is C13H17NO. The van der Waals surface area contributed by atoms with Gasteiger partial charge in [0.25, 0.3) is 0 Å². The minimum atomic E-state index is -0.401. The maximum atomic E-state index is 11.7. The number of carbonyl (C=O) groups is 1. The molecule has 0 saturated heterocycles. The number of nitrogens with two attached hydrogens (primary N) is 1. The quantitative estimate of drug-likeness (QED) is 0.767. The number of ketones is 1. The van der Waals surface area contributed by atoms with Gasteiger partial charge in [0, 0.05) is 5.56 Å². The first kappa shape index (κ1) is 10.4. The Morgan fingerprint density at radius 2 is 2.20 bits per heavy atom. The zero-order valence-corrected chi connectivity index (χ0v) is 9.07. The zero-order chi connectivity index (χ0) is 10.8. The molecule has 1 unspecified atom stereocenters. The maximum absolute atomic E-state index is 11.7. The van der Waals surface area contributed by atoms with Crippen LogP contribution in [0, 0.1) is 0 Å². The molecule has 2 nitrogen and oxygen atoms in total. The Kier molecular flexibility index (Phi) is 2.87. The van der Waals surface area contributed by atoms with E-state index in [-0.39, 0.29) is 5.78 Å². The van der Waals surface area contributed by atoms with E-state index < -0.39 is 6.04 Å². The van der Waals surface area contributed by atoms with Crippen LogP contribution in [0.4, 0.5) is 0 Å². The second-order valence-corrected chi connectivity index (χ2v) is 4.41. The van der Waals surface area contributed by atoms with Gasteiger partial charge in [0.05, 0.1) is 6.04 Å². The van der Waals surface area contributed by atoms with E-state index in [1.807, 2.05) is 18.2 Å². The van der Waals surface area contributed by atoms with Crippen LogP contribution in [0.2, 0.25) is 0 Å². The molecule has 1 aromatic rings. The van der Waals surface area contributed by atoms with Crippen molar-refractivity contribution in [1.29, 1.82) is 0 Å². The average molecular weight is 203 g/mol. The highest BCUT2D eigenvalue weighted by molar-refractivity contribution is 5.99. The largest absolute Gasteiger partial charge is 0.321 e. The summed E-state index contributed by atoms with van der Waals surface area (Å²) in [5, 5.41) is 0. The molecule has 1 fully saturated rings. The summed E-state index contributed by atoms with van der Waals surface area (Å²) in [6.07, 6.45) is 3.84. The fraction of sp³-hybridized carbons (Fsp3) is 0.462. The van der Waals surface area contributed by atoms with Gasteiger partial charge in [-0.3, -0.25) is 4.79 Å². The van der Waals surface area contributed by atoms with Gasteiger partial charge < -0.3 is 5.73 Å². The van der Waals surface area contributed by atoms with Crippen LogP contribution in [0.5, 0.6) is 0 Å². The Balaban J connectivity index is 2.22. The van der Waals surface area contributed by atoms with Gasteiger partial charge in [-0.15, -0.1) is 0 Å². The lowest BCUT2D eigenvalue weighted by molar-refractivity contribution is 0.0968. The molecule has 0 bridgehead atoms. The topological polar surface area (TPSA) is 43.1 Å². The molecule has 1 aliphatic rings. The third-order valence-corrected chi connectivity index (χ3v) is 3.16. The van der Waals surface area contributed by atoms with Crippen molar-refractivity contribution in [3.63, 3.8) is 0 Å². The smallest absolute Gasteiger partial charge is 0.179 e. The molecule has 15 heavy (non-hydrogen) atoms. The zero-order valence-electron chi connectivity index (χ0n) is 9.07. The average Bonchev–Trinajstić information content (AvgIpc) is 2.14. The van der Waals surface area contributed by atoms with Crippen molar-refractivity contribution in [2.75, 3.05) is 0 Å². The first-order chi connectivity index (χ1) is 7.18. The lowest BCUT2D eigenvalue weighted by Gasteiger charge is -2.26. The molecule has 0 spiro atoms. The number of hydrogen-bond acceptors (Lipinski definition) is 2. The molecule has 1 saturated carbocycles. The summed E-state index contributed by atoms with van der Waals surface area (Å²) in [7, 11) is 0. The predicted molar refractivity (Wildman–Crippen MR) is 61.0 cm³/mol. The number of hydrogen-bond donors (Lipinski definition) is 1. The highest BCUT2D eigenvalue weighted by atomic mass is 16.1. The summed E-state index contributed by atoms with van der Waals surface area (Å²) in [4.78, 5) is 11.7. The van der Waals surface area contributed by atoms with E-state index in [0.29, 0.717) is 5.92 Å². The summed E-state index contributed by atoms with van der Waals surface area (Å²) in [6.45, 7) is 1.73. The van der Waals surface area contributed by atoms with E-state index in [9.17, 15) is 4.79 Å². The van der Waals surface area contributed by atoms with Crippen LogP contribution in [0.1, 0.15) is 48.0 Å². The van der Waals surface area contributed by atoms with Crippen LogP contribution in [0.15, 0.2) is 24.3 Å². The van der Waals surface area contributed by atoms with Crippen molar-refractivity contribution >= 4 is 5.78 Å². The Labute approximate surface area is 90.5 Å². The minimum absolute atomic E-state index is 0.0381. The van der Waals surface area contributed by atoms with E-state index in [1.165, 1.54) is 24.8 Å². The minimum Gasteiger partial charge on any atom is -0.321 e. The second kappa shape index (κ2) is 4.15. The van der Waals surface area contributed by atoms with Gasteiger partial charge in [-0.1, -0.05) is 24.6 Å². The van der Waals surface area contributed by atoms with Crippen molar-refractivity contribution in [3.05, 3.63) is 35.4 Å². The number of carbonyl (C=O) groups excluding carboxylic acids is 1. The van der Waals surface area contributed by atoms with Crippen LogP contribution < -0.4 is 5.73 Å². The summed E-state index contributed by atoms with van der Waals surface area (Å²) >= 11 is 0. The van der Waals surface area contributed by atoms with Gasteiger partial charge in [-0.05, 0) is 37.3 Å². The second-order valence-electron chi connectivity index (χ2n) is 4.41. The summed E-state index contributed by atoms with van der Waals surface area (Å²) < 4.78 is 0. The van der Waals surface area contributed by atoms with Gasteiger partial charge in [-0.2, -0.15) is 0 Å². The van der Waals surface area contributed by atoms with E-state index in [0.717, 1.165) is 5.56 Å². The molecule has 1 aliphatic carbocycles. The van der Waals surface area contributed by atoms with E-state index in [1.54, 1.807) is 6.92 Å². The van der Waals surface area contributed by atoms with Crippen LogP contribution in [-0.2, 0) is 0 Å². The van der Waals surface area contributed by atoms with Crippen LogP contribution in [0.25, 0.3) is 0 Å². The fourth-order valence-corrected chi connectivity index (χ4v) is 1.95. The van der Waals surface area contributed by atoms with Crippen LogP contribution >= 0.6 is 0 Å². The first-order valence-corrected chi connectivity index (χ1v) is 5.58. The molecule has 0 amide bonds. The molecule has 2 N–H and O–H groups in total. The molecular weight excluding hydrogens is 186 g/mol. The number of rotatable bonds is 3. The third kappa shape index (κ3) is 2.10. The fourth-order valence-electron chi connectivity index (χ4n) is 1.95. The van der Waals surface area contributed by atoms with Crippen molar-refractivity contribution in [3.8, 4) is 0 Å². The van der Waals surface area contributed by atoms with Gasteiger partial charge >= 0.3 is 0 Å². The molecule has 2 heteroatoms. The summed E-state index contributed by atoms with van der Waals surface area (Å²) in [6, 6.07) is 7.54. The van der Waals surface area contributed by atoms with Crippen molar-refractivity contribution < 1.29 is 4.79 Å². The monoisotopic (exact) mass is 203 g/mol. The molecule has 2 rings (SSSR count). The van der Waals surface area contributed by atoms with Crippen molar-refractivity contribution in [2.45, 2.75) is 38.1 Å². The highest BCUT2D eigenvalue weighted by Crippen LogP contribution is 2.36. The molecule has 1 atom stereocenters. The lowest BCUT2D eigenvalue weighted by atomic mass is 9.79. The number of benzene rings is 1. The molecule has 1 aromatic carbocycles. The Bertz CT molecular complexity index is 367. The van der Waals surface area contributed by atoms with E-state index in [2.05, 4.69) is 6.07 Å². The first-order valence-electron chi connectivity index (χ1n) is 5.58. The molecule has 80 valence electrons. The van der Waals surface area contributed by atoms with E-state index in [4.69, 9.17) is 5.73 Å². The van der Waals surface area contributed by atoms with Gasteiger partial charge in [-0.25, -0.2) is 0 Å². The predicted octanol–water partition coefficient (Wildman–Crippen LogP) is 2.48. The Morgan fingerprint density at radius 3 is 2.73 bits per heavy atom. The SMILES string of the molecule is CC(N)C(=O)c1cccc(C2CCC2)c1. The molecule has 0 aliphatic heterocycles. The third-order valence-electron chi connectivity index (χ3n) is 3.16. The lowest BCUT2D eigenvalue weighted by Crippen LogP contribution is -2.26. The van der Waals surface area contributed by atoms with Gasteiger partial charge in [0.15, 0.2) is 5.78 Å². The normalized spacial score (nSPS) is 18.3. The van der Waals surface area contributed by atoms with Crippen molar-refractivity contribution in [1.82, 2.24) is 0 Å². The summed E-state index contributed by atoms with van der Waals surface area (Å²) in [5.74, 6) is 0.710. The van der Waals surface area contributed by atoms with E-state index >= 15 is 0 Å². The van der Waals surface area contributed by atoms with Gasteiger partial charge in [0.2, 0.25) is 0 Å². The maximum Gasteiger partial charge on any atom is 0.179 e. The molecule has 0 aromatic heterocycles. The van der Waals surface area contributed by atoms with Crippen LogP contribution in [-0.4, -0.2) is 11.8 Å². The van der Waals surface area contributed by atoms with Crippen molar-refractivity contribution in [2.24, 2.45) is 5.73 Å². The van der Waals surface area contributed by atoms with Gasteiger partial charge in [0.1, 0.15) is 0 Å². The Hall–Kier alpha value is -1.15. The summed E-state index contributed by atoms with van der Waals surface area (Å²) in [5.41, 5.74) is 7.65. The standard InChI is InChI=1S/C13H17NO/c1-9(14)13(15)12-7-3-6-11(8-12)10-4-2-5-10/h3,6-10H,2,4-5,14H2,1H3. The highest BCUT2D eigenvalue weighted by Gasteiger charge is 2.20. The number of Topliss-reactive ketones (excluding diaryl/α,β-unsaturated/α-hetero) is 1. The molecule has 0 radical (unpaired) electrons. The van der Waals surface area contributed by atoms with Crippen LogP contribution in [0.3, 0.4) is 0 Å². The Morgan fingerprint density at radius 1 is 1.47 bits per heavy atom. The molecule has 0 heterocycles.